The van der Waals surface area contributed by atoms with Crippen LogP contribution in [-0.4, -0.2) is 32.3 Å². The summed E-state index contributed by atoms with van der Waals surface area (Å²) >= 11 is 1.11. The molecule has 0 bridgehead atoms. The van der Waals surface area contributed by atoms with Gasteiger partial charge in [-0.05, 0) is 79.2 Å². The molecule has 0 aliphatic rings. The summed E-state index contributed by atoms with van der Waals surface area (Å²) in [6, 6.07) is 24.0. The van der Waals surface area contributed by atoms with Crippen molar-refractivity contribution in [3.8, 4) is 10.6 Å². The second kappa shape index (κ2) is 11.2. The number of anilines is 2. The van der Waals surface area contributed by atoms with E-state index in [4.69, 9.17) is 0 Å². The van der Waals surface area contributed by atoms with Crippen molar-refractivity contribution < 1.29 is 26.2 Å². The molecule has 0 saturated carbocycles. The van der Waals surface area contributed by atoms with Gasteiger partial charge in [-0.25, -0.2) is 21.8 Å². The van der Waals surface area contributed by atoms with Crippen LogP contribution >= 0.6 is 11.3 Å². The number of amides is 1. The van der Waals surface area contributed by atoms with E-state index in [1.807, 2.05) is 0 Å². The van der Waals surface area contributed by atoms with E-state index in [0.717, 1.165) is 11.3 Å². The molecule has 0 saturated heterocycles. The Balaban J connectivity index is 0.00000370. The van der Waals surface area contributed by atoms with Crippen LogP contribution in [0, 0.1) is 6.92 Å². The molecular weight excluding hydrogens is 573 g/mol. The smallest absolute Gasteiger partial charge is 0.261 e. The fourth-order valence-electron chi connectivity index (χ4n) is 3.90. The molecule has 1 amide bonds. The highest BCUT2D eigenvalue weighted by Crippen LogP contribution is 2.36. The maximum absolute atomic E-state index is 12.7. The first-order chi connectivity index (χ1) is 18.5. The number of carbonyl (C=O) groups excluding carboxylic acids is 1. The molecule has 0 aliphatic heterocycles. The number of thiazole rings is 1. The van der Waals surface area contributed by atoms with Crippen LogP contribution in [0.25, 0.3) is 20.8 Å². The Hall–Kier alpha value is -4.14. The maximum atomic E-state index is 12.7. The Labute approximate surface area is 235 Å². The summed E-state index contributed by atoms with van der Waals surface area (Å²) in [7, 11) is -8.40. The minimum Gasteiger partial charge on any atom is -0.744 e. The summed E-state index contributed by atoms with van der Waals surface area (Å²) in [5.74, 6) is -0.388. The Morgan fingerprint density at radius 1 is 0.825 bits per heavy atom. The van der Waals surface area contributed by atoms with Crippen LogP contribution in [0.4, 0.5) is 11.4 Å². The van der Waals surface area contributed by atoms with Gasteiger partial charge in [-0.2, -0.15) is 0 Å². The van der Waals surface area contributed by atoms with Gasteiger partial charge in [-0.3, -0.25) is 9.52 Å². The molecular formula is C27H24N4O6S3. The van der Waals surface area contributed by atoms with Gasteiger partial charge in [-0.15, -0.1) is 11.3 Å². The molecule has 10 nitrogen and oxygen atoms in total. The number of aryl methyl sites for hydroxylation is 1. The van der Waals surface area contributed by atoms with Gasteiger partial charge in [0.25, 0.3) is 15.9 Å². The normalized spacial score (nSPS) is 11.6. The summed E-state index contributed by atoms with van der Waals surface area (Å²) in [5.41, 5.74) is 2.64. The summed E-state index contributed by atoms with van der Waals surface area (Å²) in [5, 5.41) is 3.31. The van der Waals surface area contributed by atoms with Gasteiger partial charge >= 0.3 is 0 Å². The van der Waals surface area contributed by atoms with E-state index in [0.29, 0.717) is 43.3 Å². The number of quaternary nitrogens is 1. The maximum Gasteiger partial charge on any atom is 0.261 e. The molecule has 206 valence electrons. The Morgan fingerprint density at radius 3 is 2.08 bits per heavy atom. The highest BCUT2D eigenvalue weighted by atomic mass is 32.2. The predicted molar refractivity (Wildman–Crippen MR) is 155 cm³/mol. The molecule has 0 fully saturated rings. The highest BCUT2D eigenvalue weighted by molar-refractivity contribution is 7.92. The van der Waals surface area contributed by atoms with E-state index >= 15 is 0 Å². The number of hydrogen-bond acceptors (Lipinski definition) is 8. The van der Waals surface area contributed by atoms with Crippen molar-refractivity contribution in [1.82, 2.24) is 11.1 Å². The Kier molecular flexibility index (Phi) is 8.05. The van der Waals surface area contributed by atoms with Crippen molar-refractivity contribution in [1.29, 1.82) is 0 Å². The zero-order valence-electron chi connectivity index (χ0n) is 21.3. The molecule has 0 radical (unpaired) electrons. The quantitative estimate of drug-likeness (QED) is 0.204. The second-order valence-corrected chi connectivity index (χ2v) is 12.6. The molecule has 0 unspecified atom stereocenters. The average Bonchev–Trinajstić information content (AvgIpc) is 3.33. The molecule has 1 heterocycles. The topological polar surface area (TPSA) is 182 Å². The molecule has 5 aromatic rings. The lowest BCUT2D eigenvalue weighted by Crippen LogP contribution is -2.14. The third kappa shape index (κ3) is 6.03. The first kappa shape index (κ1) is 28.9. The van der Waals surface area contributed by atoms with Crippen molar-refractivity contribution in [2.75, 3.05) is 10.0 Å². The number of nitrogens with zero attached hydrogens (tertiary/aromatic N) is 1. The van der Waals surface area contributed by atoms with E-state index in [1.54, 1.807) is 61.5 Å². The molecule has 40 heavy (non-hydrogen) atoms. The SMILES string of the molecule is Cc1ccc2nc(-c3ccc(NC(=O)c4ccc(NS(=O)(=O)c5ccccc5)cc4)cc3)sc2c1S(=O)(=O)[O-].[NH4+]. The standard InChI is InChI=1S/C27H21N3O6S3.H3N/c1-17-7-16-23-24(25(17)39(34,35)36)37-27(29-23)19-10-12-20(13-11-19)28-26(31)18-8-14-21(15-9-18)30-38(32,33)22-5-3-2-4-6-22;/h2-16,30H,1H3,(H,28,31)(H,34,35,36);1H3. The van der Waals surface area contributed by atoms with Gasteiger partial charge in [0.05, 0.1) is 20.0 Å². The molecule has 13 heteroatoms. The van der Waals surface area contributed by atoms with Crippen molar-refractivity contribution in [3.63, 3.8) is 0 Å². The number of hydrogen-bond donors (Lipinski definition) is 3. The van der Waals surface area contributed by atoms with Crippen LogP contribution in [-0.2, 0) is 20.1 Å². The van der Waals surface area contributed by atoms with E-state index in [-0.39, 0.29) is 21.8 Å². The monoisotopic (exact) mass is 596 g/mol. The van der Waals surface area contributed by atoms with Crippen LogP contribution in [0.5, 0.6) is 0 Å². The zero-order chi connectivity index (χ0) is 27.8. The zero-order valence-corrected chi connectivity index (χ0v) is 23.7. The lowest BCUT2D eigenvalue weighted by molar-refractivity contribution is 0.102. The molecule has 0 atom stereocenters. The molecule has 1 aromatic heterocycles. The first-order valence-electron chi connectivity index (χ1n) is 11.5. The van der Waals surface area contributed by atoms with Crippen molar-refractivity contribution >= 4 is 59.0 Å². The van der Waals surface area contributed by atoms with Crippen molar-refractivity contribution in [2.45, 2.75) is 16.7 Å². The number of sulfonamides is 1. The Morgan fingerprint density at radius 2 is 1.45 bits per heavy atom. The molecule has 0 aliphatic carbocycles. The lowest BCUT2D eigenvalue weighted by atomic mass is 10.1. The summed E-state index contributed by atoms with van der Waals surface area (Å²) in [4.78, 5) is 17.1. The third-order valence-electron chi connectivity index (χ3n) is 5.80. The Bertz CT molecular complexity index is 1910. The van der Waals surface area contributed by atoms with E-state index in [9.17, 15) is 26.2 Å². The van der Waals surface area contributed by atoms with Crippen molar-refractivity contribution in [3.05, 3.63) is 102 Å². The molecule has 4 aromatic carbocycles. The van der Waals surface area contributed by atoms with E-state index in [1.165, 1.54) is 36.4 Å². The number of fused-ring (bicyclic) bond motifs is 1. The van der Waals surface area contributed by atoms with Crippen molar-refractivity contribution in [2.24, 2.45) is 0 Å². The molecule has 0 spiro atoms. The van der Waals surface area contributed by atoms with Crippen LogP contribution in [0.1, 0.15) is 15.9 Å². The lowest BCUT2D eigenvalue weighted by Gasteiger charge is -2.10. The molecule has 5 rings (SSSR count). The van der Waals surface area contributed by atoms with Gasteiger partial charge in [0.1, 0.15) is 15.1 Å². The minimum atomic E-state index is -4.66. The predicted octanol–water partition coefficient (Wildman–Crippen LogP) is 5.61. The molecule has 6 N–H and O–H groups in total. The number of nitrogens with one attached hydrogen (secondary N) is 2. The average molecular weight is 597 g/mol. The van der Waals surface area contributed by atoms with E-state index in [2.05, 4.69) is 15.0 Å². The van der Waals surface area contributed by atoms with Gasteiger partial charge in [0.2, 0.25) is 0 Å². The van der Waals surface area contributed by atoms with Crippen LogP contribution < -0.4 is 16.2 Å². The highest BCUT2D eigenvalue weighted by Gasteiger charge is 2.17. The summed E-state index contributed by atoms with van der Waals surface area (Å²) in [6.45, 7) is 1.57. The minimum absolute atomic E-state index is 0. The fraction of sp³-hybridized carbons (Fsp3) is 0.0370. The van der Waals surface area contributed by atoms with Crippen LogP contribution in [0.3, 0.4) is 0 Å². The second-order valence-electron chi connectivity index (χ2n) is 8.56. The van der Waals surface area contributed by atoms with E-state index < -0.39 is 20.1 Å². The number of aromatic nitrogens is 1. The van der Waals surface area contributed by atoms with Gasteiger partial charge in [-0.1, -0.05) is 24.3 Å². The number of rotatable bonds is 7. The first-order valence-corrected chi connectivity index (χ1v) is 15.2. The van der Waals surface area contributed by atoms with Crippen LogP contribution in [0.15, 0.2) is 101 Å². The largest absolute Gasteiger partial charge is 0.744 e. The van der Waals surface area contributed by atoms with Crippen LogP contribution in [0.2, 0.25) is 0 Å². The van der Waals surface area contributed by atoms with Gasteiger partial charge < -0.3 is 16.0 Å². The van der Waals surface area contributed by atoms with Gasteiger partial charge in [0.15, 0.2) is 0 Å². The fourth-order valence-corrected chi connectivity index (χ4v) is 7.27. The van der Waals surface area contributed by atoms with Gasteiger partial charge in [0, 0.05) is 22.5 Å². The number of benzene rings is 4. The number of carbonyl (C=O) groups is 1. The summed E-state index contributed by atoms with van der Waals surface area (Å²) < 4.78 is 63.1. The third-order valence-corrected chi connectivity index (χ3v) is 9.49. The summed E-state index contributed by atoms with van der Waals surface area (Å²) in [6.07, 6.45) is 0.